The molecule has 1 heterocycles. The van der Waals surface area contributed by atoms with Crippen LogP contribution in [0.4, 0.5) is 4.39 Å². The van der Waals surface area contributed by atoms with Crippen LogP contribution in [0.25, 0.3) is 0 Å². The number of piperidine rings is 1. The number of carbonyl (C=O) groups is 3. The molecule has 0 saturated carbocycles. The van der Waals surface area contributed by atoms with Crippen LogP contribution in [-0.4, -0.2) is 66.3 Å². The van der Waals surface area contributed by atoms with Crippen molar-refractivity contribution >= 4 is 17.7 Å². The number of nitrogens with zero attached hydrogens (tertiary/aromatic N) is 2. The predicted molar refractivity (Wildman–Crippen MR) is 172 cm³/mol. The molecule has 8 heteroatoms. The average Bonchev–Trinajstić information content (AvgIpc) is 2.96. The van der Waals surface area contributed by atoms with Gasteiger partial charge in [-0.25, -0.2) is 4.39 Å². The van der Waals surface area contributed by atoms with Crippen LogP contribution in [0.1, 0.15) is 83.0 Å². The minimum Gasteiger partial charge on any atom is -0.351 e. The molecule has 1 saturated heterocycles. The molecule has 240 valence electrons. The van der Waals surface area contributed by atoms with E-state index in [9.17, 15) is 18.8 Å². The van der Waals surface area contributed by atoms with Gasteiger partial charge in [-0.2, -0.15) is 0 Å². The van der Waals surface area contributed by atoms with Crippen LogP contribution in [0, 0.1) is 23.1 Å². The van der Waals surface area contributed by atoms with E-state index in [1.165, 1.54) is 17.7 Å². The van der Waals surface area contributed by atoms with Crippen molar-refractivity contribution in [3.05, 3.63) is 71.0 Å². The van der Waals surface area contributed by atoms with Crippen molar-refractivity contribution in [3.63, 3.8) is 0 Å². The van der Waals surface area contributed by atoms with Gasteiger partial charge in [0.1, 0.15) is 11.9 Å². The molecule has 2 aromatic carbocycles. The Bertz CT molecular complexity index is 1310. The van der Waals surface area contributed by atoms with Crippen molar-refractivity contribution < 1.29 is 18.8 Å². The highest BCUT2D eigenvalue weighted by Crippen LogP contribution is 2.40. The number of fused-ring (bicyclic) bond motifs is 1. The van der Waals surface area contributed by atoms with E-state index < -0.39 is 11.5 Å². The van der Waals surface area contributed by atoms with E-state index in [1.807, 2.05) is 47.0 Å². The van der Waals surface area contributed by atoms with Crippen molar-refractivity contribution in [2.24, 2.45) is 17.3 Å². The third-order valence-corrected chi connectivity index (χ3v) is 9.14. The van der Waals surface area contributed by atoms with E-state index >= 15 is 0 Å². The first-order valence-corrected chi connectivity index (χ1v) is 16.1. The van der Waals surface area contributed by atoms with Gasteiger partial charge in [-0.15, -0.1) is 0 Å². The molecular formula is C36H51FN4O3. The average molecular weight is 607 g/mol. The van der Waals surface area contributed by atoms with Crippen LogP contribution in [-0.2, 0) is 27.2 Å². The fourth-order valence-electron chi connectivity index (χ4n) is 7.14. The number of likely N-dealkylation sites (tertiary alicyclic amines) is 1. The summed E-state index contributed by atoms with van der Waals surface area (Å²) in [6.45, 7) is 11.1. The summed E-state index contributed by atoms with van der Waals surface area (Å²) in [5, 5.41) is 6.33. The zero-order valence-electron chi connectivity index (χ0n) is 27.6. The van der Waals surface area contributed by atoms with Crippen molar-refractivity contribution in [2.75, 3.05) is 27.2 Å². The normalized spacial score (nSPS) is 20.6. The minimum atomic E-state index is -0.797. The Morgan fingerprint density at radius 1 is 1.02 bits per heavy atom. The van der Waals surface area contributed by atoms with Crippen molar-refractivity contribution in [2.45, 2.75) is 90.8 Å². The molecule has 1 aliphatic heterocycles. The van der Waals surface area contributed by atoms with E-state index in [2.05, 4.69) is 41.5 Å². The van der Waals surface area contributed by atoms with E-state index in [-0.39, 0.29) is 47.5 Å². The van der Waals surface area contributed by atoms with Gasteiger partial charge in [-0.1, -0.05) is 50.2 Å². The summed E-state index contributed by atoms with van der Waals surface area (Å²) >= 11 is 0. The number of rotatable bonds is 9. The number of benzene rings is 2. The minimum absolute atomic E-state index is 0.0503. The van der Waals surface area contributed by atoms with Crippen LogP contribution in [0.2, 0.25) is 0 Å². The zero-order chi connectivity index (χ0) is 32.2. The summed E-state index contributed by atoms with van der Waals surface area (Å²) in [6.07, 6.45) is 3.64. The number of hydrogen-bond donors (Lipinski definition) is 2. The Labute approximate surface area is 263 Å². The molecular weight excluding hydrogens is 555 g/mol. The lowest BCUT2D eigenvalue weighted by molar-refractivity contribution is -0.144. The van der Waals surface area contributed by atoms with Gasteiger partial charge in [0.05, 0.1) is 11.3 Å². The van der Waals surface area contributed by atoms with E-state index in [0.717, 1.165) is 24.0 Å². The fourth-order valence-corrected chi connectivity index (χ4v) is 7.14. The Balaban J connectivity index is 1.55. The molecule has 3 atom stereocenters. The van der Waals surface area contributed by atoms with Crippen LogP contribution in [0.3, 0.4) is 0 Å². The molecule has 2 unspecified atom stereocenters. The van der Waals surface area contributed by atoms with Crippen LogP contribution in [0.15, 0.2) is 48.5 Å². The summed E-state index contributed by atoms with van der Waals surface area (Å²) in [6, 6.07) is 13.5. The Hall–Kier alpha value is -3.26. The quantitative estimate of drug-likeness (QED) is 0.407. The number of amides is 3. The molecule has 1 aliphatic carbocycles. The highest BCUT2D eigenvalue weighted by Gasteiger charge is 2.45. The second kappa shape index (κ2) is 13.8. The van der Waals surface area contributed by atoms with Gasteiger partial charge in [-0.05, 0) is 102 Å². The lowest BCUT2D eigenvalue weighted by Crippen LogP contribution is -2.57. The molecule has 44 heavy (non-hydrogen) atoms. The lowest BCUT2D eigenvalue weighted by atomic mass is 9.71. The summed E-state index contributed by atoms with van der Waals surface area (Å²) in [5.41, 5.74) is 2.29. The van der Waals surface area contributed by atoms with E-state index in [1.54, 1.807) is 17.0 Å². The molecule has 3 amide bonds. The second-order valence-corrected chi connectivity index (χ2v) is 14.6. The second-order valence-electron chi connectivity index (χ2n) is 14.6. The molecule has 1 fully saturated rings. The van der Waals surface area contributed by atoms with Gasteiger partial charge >= 0.3 is 0 Å². The fraction of sp³-hybridized carbons (Fsp3) is 0.583. The summed E-state index contributed by atoms with van der Waals surface area (Å²) in [7, 11) is 3.97. The number of aryl methyl sites for hydroxylation is 1. The zero-order valence-corrected chi connectivity index (χ0v) is 27.6. The molecule has 0 radical (unpaired) electrons. The third-order valence-electron chi connectivity index (χ3n) is 9.14. The smallest absolute Gasteiger partial charge is 0.245 e. The van der Waals surface area contributed by atoms with E-state index in [4.69, 9.17) is 0 Å². The highest BCUT2D eigenvalue weighted by atomic mass is 19.1. The molecule has 2 N–H and O–H groups in total. The molecule has 4 rings (SSSR count). The molecule has 0 spiro atoms. The number of halogens is 1. The van der Waals surface area contributed by atoms with Crippen molar-refractivity contribution in [1.82, 2.24) is 20.4 Å². The number of nitrogens with one attached hydrogen (secondary N) is 2. The van der Waals surface area contributed by atoms with Crippen LogP contribution >= 0.6 is 0 Å². The number of carbonyl (C=O) groups excluding carboxylic acids is 3. The van der Waals surface area contributed by atoms with Gasteiger partial charge in [0, 0.05) is 31.1 Å². The maximum atomic E-state index is 14.2. The van der Waals surface area contributed by atoms with Crippen LogP contribution < -0.4 is 10.6 Å². The first-order chi connectivity index (χ1) is 20.7. The largest absolute Gasteiger partial charge is 0.351 e. The topological polar surface area (TPSA) is 81.8 Å². The van der Waals surface area contributed by atoms with E-state index in [0.29, 0.717) is 38.3 Å². The van der Waals surface area contributed by atoms with Gasteiger partial charge in [0.25, 0.3) is 0 Å². The lowest BCUT2D eigenvalue weighted by Gasteiger charge is -2.44. The molecule has 7 nitrogen and oxygen atoms in total. The Morgan fingerprint density at radius 3 is 2.25 bits per heavy atom. The standard InChI is InChI=1S/C36H51FN4O3/c1-24(2)23-36(34(44)39-35(3,4)5)18-20-41(21-19-36)33(43)30(22-25-12-15-27(37)16-13-25)38-32(42)29-17-14-26-10-8-9-11-28(26)31(29)40(6)7/h8-13,15-16,24,29-31H,14,17-23H2,1-7H3,(H,38,42)(H,39,44)/t29?,30-,31?/m1/s1. The first-order valence-electron chi connectivity index (χ1n) is 16.1. The monoisotopic (exact) mass is 606 g/mol. The van der Waals surface area contributed by atoms with Crippen molar-refractivity contribution in [3.8, 4) is 0 Å². The Kier molecular flexibility index (Phi) is 10.5. The maximum Gasteiger partial charge on any atom is 0.245 e. The molecule has 2 aromatic rings. The van der Waals surface area contributed by atoms with Gasteiger partial charge in [0.15, 0.2) is 0 Å². The molecule has 2 aliphatic rings. The molecule has 0 aromatic heterocycles. The molecule has 0 bridgehead atoms. The third kappa shape index (κ3) is 8.06. The van der Waals surface area contributed by atoms with Gasteiger partial charge in [0.2, 0.25) is 17.7 Å². The summed E-state index contributed by atoms with van der Waals surface area (Å²) < 4.78 is 13.7. The van der Waals surface area contributed by atoms with Crippen LogP contribution in [0.5, 0.6) is 0 Å². The summed E-state index contributed by atoms with van der Waals surface area (Å²) in [5.74, 6) is -0.581. The maximum absolute atomic E-state index is 14.2. The van der Waals surface area contributed by atoms with Gasteiger partial charge in [-0.3, -0.25) is 14.4 Å². The van der Waals surface area contributed by atoms with Crippen molar-refractivity contribution in [1.29, 1.82) is 0 Å². The predicted octanol–water partition coefficient (Wildman–Crippen LogP) is 5.29. The summed E-state index contributed by atoms with van der Waals surface area (Å²) in [4.78, 5) is 45.6. The van der Waals surface area contributed by atoms with Gasteiger partial charge < -0.3 is 20.4 Å². The highest BCUT2D eigenvalue weighted by molar-refractivity contribution is 5.90. The first kappa shape index (κ1) is 33.6. The SMILES string of the molecule is CC(C)CC1(C(=O)NC(C)(C)C)CCN(C(=O)[C@@H](Cc2ccc(F)cc2)NC(=O)C2CCc3ccccc3C2N(C)C)CC1. The Morgan fingerprint density at radius 2 is 1.66 bits per heavy atom. The number of hydrogen-bond acceptors (Lipinski definition) is 4.